The van der Waals surface area contributed by atoms with E-state index in [1.807, 2.05) is 24.3 Å². The lowest BCUT2D eigenvalue weighted by molar-refractivity contribution is -0.117. The Bertz CT molecular complexity index is 734. The number of rotatable bonds is 7. The number of carbonyl (C=O) groups excluding carboxylic acids is 1. The van der Waals surface area contributed by atoms with Gasteiger partial charge in [-0.3, -0.25) is 4.79 Å². The maximum atomic E-state index is 12.1. The summed E-state index contributed by atoms with van der Waals surface area (Å²) >= 11 is 1.55. The first-order valence-electron chi connectivity index (χ1n) is 9.16. The summed E-state index contributed by atoms with van der Waals surface area (Å²) in [5.74, 6) is 2.09. The van der Waals surface area contributed by atoms with Gasteiger partial charge in [0.05, 0.1) is 19.0 Å². The van der Waals surface area contributed by atoms with Gasteiger partial charge in [-0.1, -0.05) is 42.1 Å². The molecule has 0 aromatic heterocycles. The van der Waals surface area contributed by atoms with Gasteiger partial charge >= 0.3 is 0 Å². The Morgan fingerprint density at radius 2 is 2.15 bits per heavy atom. The lowest BCUT2D eigenvalue weighted by Gasteiger charge is -2.20. The Labute approximate surface area is 158 Å². The van der Waals surface area contributed by atoms with Gasteiger partial charge in [-0.25, -0.2) is 0 Å². The molecule has 1 saturated carbocycles. The fourth-order valence-corrected chi connectivity index (χ4v) is 4.93. The predicted molar refractivity (Wildman–Crippen MR) is 103 cm³/mol. The molecular formula is C20H24N2O3S. The van der Waals surface area contributed by atoms with Crippen LogP contribution in [0.4, 0.5) is 0 Å². The van der Waals surface area contributed by atoms with E-state index in [0.717, 1.165) is 22.9 Å². The number of allylic oxidation sites excluding steroid dienone is 1. The molecule has 1 fully saturated rings. The van der Waals surface area contributed by atoms with Gasteiger partial charge in [-0.2, -0.15) is 4.99 Å². The standard InChI is InChI=1S/C20H24N2O3S/c1-24-17-5-3-2-4-15(17)12-25-9-8-18-19(23)22-20(26-18)21-16-11-13-6-7-14(16)10-13/h2-7,13-14,16,18H,8-12H2,1H3,(H,21,22,23). The number of thioether (sulfide) groups is 1. The first kappa shape index (κ1) is 17.6. The average molecular weight is 372 g/mol. The van der Waals surface area contributed by atoms with Crippen molar-refractivity contribution in [1.29, 1.82) is 0 Å². The Morgan fingerprint density at radius 1 is 1.27 bits per heavy atom. The lowest BCUT2D eigenvalue weighted by Crippen LogP contribution is -2.35. The molecular weight excluding hydrogens is 348 g/mol. The van der Waals surface area contributed by atoms with Crippen LogP contribution in [-0.2, 0) is 16.1 Å². The second kappa shape index (κ2) is 7.84. The van der Waals surface area contributed by atoms with Crippen LogP contribution in [0.5, 0.6) is 5.75 Å². The number of nitrogens with zero attached hydrogens (tertiary/aromatic N) is 1. The van der Waals surface area contributed by atoms with Crippen molar-refractivity contribution in [2.24, 2.45) is 16.8 Å². The molecule has 6 heteroatoms. The van der Waals surface area contributed by atoms with E-state index >= 15 is 0 Å². The SMILES string of the molecule is COc1ccccc1COCCC1SC(NC2CC3C=CC2C3)=NC1=O. The zero-order valence-corrected chi connectivity index (χ0v) is 15.7. The second-order valence-corrected chi connectivity index (χ2v) is 8.24. The molecule has 1 N–H and O–H groups in total. The quantitative estimate of drug-likeness (QED) is 0.588. The number of aliphatic imine (C=N–C) groups is 1. The van der Waals surface area contributed by atoms with E-state index in [1.54, 1.807) is 18.9 Å². The fourth-order valence-electron chi connectivity index (χ4n) is 3.93. The minimum atomic E-state index is -0.135. The highest BCUT2D eigenvalue weighted by Gasteiger charge is 2.38. The van der Waals surface area contributed by atoms with E-state index in [4.69, 9.17) is 9.47 Å². The van der Waals surface area contributed by atoms with E-state index < -0.39 is 0 Å². The van der Waals surface area contributed by atoms with Gasteiger partial charge in [0.25, 0.3) is 5.91 Å². The largest absolute Gasteiger partial charge is 0.496 e. The summed E-state index contributed by atoms with van der Waals surface area (Å²) in [6.07, 6.45) is 7.69. The third-order valence-corrected chi connectivity index (χ3v) is 6.46. The van der Waals surface area contributed by atoms with Crippen molar-refractivity contribution in [3.63, 3.8) is 0 Å². The second-order valence-electron chi connectivity index (χ2n) is 7.05. The van der Waals surface area contributed by atoms with Gasteiger partial charge in [-0.05, 0) is 37.2 Å². The molecule has 138 valence electrons. The smallest absolute Gasteiger partial charge is 0.261 e. The maximum Gasteiger partial charge on any atom is 0.261 e. The molecule has 1 heterocycles. The number of carbonyl (C=O) groups is 1. The number of amidine groups is 1. The number of para-hydroxylation sites is 1. The van der Waals surface area contributed by atoms with Crippen LogP contribution in [0.1, 0.15) is 24.8 Å². The van der Waals surface area contributed by atoms with Gasteiger partial charge in [0.2, 0.25) is 0 Å². The number of hydrogen-bond donors (Lipinski definition) is 1. The van der Waals surface area contributed by atoms with Gasteiger partial charge in [0, 0.05) is 18.2 Å². The molecule has 0 spiro atoms. The highest BCUT2D eigenvalue weighted by atomic mass is 32.2. The van der Waals surface area contributed by atoms with E-state index in [2.05, 4.69) is 22.5 Å². The van der Waals surface area contributed by atoms with Crippen LogP contribution in [0, 0.1) is 11.8 Å². The summed E-state index contributed by atoms with van der Waals surface area (Å²) in [5.41, 5.74) is 1.02. The molecule has 0 radical (unpaired) electrons. The van der Waals surface area contributed by atoms with Gasteiger partial charge < -0.3 is 14.8 Å². The zero-order chi connectivity index (χ0) is 17.9. The number of fused-ring (bicyclic) bond motifs is 2. The molecule has 1 aromatic carbocycles. The van der Waals surface area contributed by atoms with E-state index in [1.165, 1.54) is 6.42 Å². The summed E-state index contributed by atoms with van der Waals surface area (Å²) in [4.78, 5) is 16.4. The topological polar surface area (TPSA) is 59.9 Å². The summed E-state index contributed by atoms with van der Waals surface area (Å²) < 4.78 is 11.1. The monoisotopic (exact) mass is 372 g/mol. The molecule has 1 amide bonds. The first-order valence-corrected chi connectivity index (χ1v) is 10.0. The van der Waals surface area contributed by atoms with Crippen LogP contribution in [0.25, 0.3) is 0 Å². The zero-order valence-electron chi connectivity index (χ0n) is 14.9. The van der Waals surface area contributed by atoms with Crippen LogP contribution in [-0.4, -0.2) is 36.1 Å². The van der Waals surface area contributed by atoms with Crippen molar-refractivity contribution in [3.05, 3.63) is 42.0 Å². The van der Waals surface area contributed by atoms with Gasteiger partial charge in [0.15, 0.2) is 5.17 Å². The molecule has 4 unspecified atom stereocenters. The molecule has 26 heavy (non-hydrogen) atoms. The van der Waals surface area contributed by atoms with Crippen molar-refractivity contribution in [2.75, 3.05) is 13.7 Å². The number of nitrogens with one attached hydrogen (secondary N) is 1. The van der Waals surface area contributed by atoms with Crippen molar-refractivity contribution in [3.8, 4) is 5.75 Å². The summed E-state index contributed by atoms with van der Waals surface area (Å²) in [5, 5.41) is 4.14. The molecule has 1 aromatic rings. The molecule has 1 aliphatic heterocycles. The molecule has 4 atom stereocenters. The van der Waals surface area contributed by atoms with Crippen molar-refractivity contribution in [1.82, 2.24) is 5.32 Å². The van der Waals surface area contributed by atoms with Crippen molar-refractivity contribution in [2.45, 2.75) is 37.2 Å². The van der Waals surface area contributed by atoms with Crippen LogP contribution < -0.4 is 10.1 Å². The van der Waals surface area contributed by atoms with Crippen LogP contribution in [0.15, 0.2) is 41.4 Å². The Kier molecular flexibility index (Phi) is 5.31. The molecule has 0 saturated heterocycles. The molecule has 2 bridgehead atoms. The minimum Gasteiger partial charge on any atom is -0.496 e. The normalized spacial score (nSPS) is 29.3. The van der Waals surface area contributed by atoms with Crippen LogP contribution in [0.2, 0.25) is 0 Å². The Balaban J connectivity index is 1.20. The molecule has 4 rings (SSSR count). The van der Waals surface area contributed by atoms with E-state index in [9.17, 15) is 4.79 Å². The maximum absolute atomic E-state index is 12.1. The molecule has 2 aliphatic carbocycles. The summed E-state index contributed by atoms with van der Waals surface area (Å²) in [6.45, 7) is 1.01. The summed E-state index contributed by atoms with van der Waals surface area (Å²) in [6, 6.07) is 8.25. The van der Waals surface area contributed by atoms with Gasteiger partial charge in [-0.15, -0.1) is 0 Å². The number of amides is 1. The number of hydrogen-bond acceptors (Lipinski definition) is 5. The number of ether oxygens (including phenoxy) is 2. The highest BCUT2D eigenvalue weighted by Crippen LogP contribution is 2.39. The van der Waals surface area contributed by atoms with Crippen molar-refractivity contribution >= 4 is 22.8 Å². The minimum absolute atomic E-state index is 0.0444. The first-order chi connectivity index (χ1) is 12.7. The van der Waals surface area contributed by atoms with E-state index in [-0.39, 0.29) is 11.2 Å². The lowest BCUT2D eigenvalue weighted by atomic mass is 10.0. The number of benzene rings is 1. The predicted octanol–water partition coefficient (Wildman–Crippen LogP) is 3.15. The van der Waals surface area contributed by atoms with E-state index in [0.29, 0.717) is 37.5 Å². The van der Waals surface area contributed by atoms with Crippen LogP contribution in [0.3, 0.4) is 0 Å². The molecule has 5 nitrogen and oxygen atoms in total. The third-order valence-electron chi connectivity index (χ3n) is 5.30. The highest BCUT2D eigenvalue weighted by molar-refractivity contribution is 8.15. The Morgan fingerprint density at radius 3 is 2.92 bits per heavy atom. The fraction of sp³-hybridized carbons (Fsp3) is 0.500. The molecule has 3 aliphatic rings. The average Bonchev–Trinajstić information content (AvgIpc) is 3.35. The number of methoxy groups -OCH3 is 1. The van der Waals surface area contributed by atoms with Gasteiger partial charge in [0.1, 0.15) is 5.75 Å². The van der Waals surface area contributed by atoms with Crippen molar-refractivity contribution < 1.29 is 14.3 Å². The van der Waals surface area contributed by atoms with Crippen LogP contribution >= 0.6 is 11.8 Å². The summed E-state index contributed by atoms with van der Waals surface area (Å²) in [7, 11) is 1.66. The Hall–Kier alpha value is -1.79. The third kappa shape index (κ3) is 3.81.